The van der Waals surface area contributed by atoms with Crippen LogP contribution < -0.4 is 16.0 Å². The Balaban J connectivity index is 1.19. The zero-order valence-electron chi connectivity index (χ0n) is 20.4. The van der Waals surface area contributed by atoms with Gasteiger partial charge in [-0.15, -0.1) is 0 Å². The van der Waals surface area contributed by atoms with Crippen molar-refractivity contribution in [3.05, 3.63) is 76.4 Å². The lowest BCUT2D eigenvalue weighted by molar-refractivity contribution is 0.0383. The molecule has 1 fully saturated rings. The summed E-state index contributed by atoms with van der Waals surface area (Å²) in [4.78, 5) is 27.3. The molecule has 0 spiro atoms. The molecule has 2 heterocycles. The molecule has 3 amide bonds. The molecule has 0 bridgehead atoms. The van der Waals surface area contributed by atoms with E-state index >= 15 is 0 Å². The summed E-state index contributed by atoms with van der Waals surface area (Å²) >= 11 is 11.9. The molecule has 196 valence electrons. The van der Waals surface area contributed by atoms with Gasteiger partial charge in [-0.3, -0.25) is 14.8 Å². The van der Waals surface area contributed by atoms with Gasteiger partial charge >= 0.3 is 6.03 Å². The fraction of sp³-hybridized carbons (Fsp3) is 0.222. The number of hydrogen-bond acceptors (Lipinski definition) is 5. The monoisotopic (exact) mass is 552 g/mol. The number of ether oxygens (including phenoxy) is 1. The van der Waals surface area contributed by atoms with Crippen LogP contribution in [-0.2, 0) is 4.74 Å². The molecular weight excluding hydrogens is 527 g/mol. The molecule has 1 aliphatic rings. The third-order valence-corrected chi connectivity index (χ3v) is 6.99. The molecule has 0 unspecified atom stereocenters. The number of morpholine rings is 1. The van der Waals surface area contributed by atoms with Crippen molar-refractivity contribution < 1.29 is 14.3 Å². The lowest BCUT2D eigenvalue weighted by Crippen LogP contribution is -2.41. The van der Waals surface area contributed by atoms with Crippen molar-refractivity contribution in [2.24, 2.45) is 0 Å². The molecule has 3 aromatic carbocycles. The highest BCUT2D eigenvalue weighted by Crippen LogP contribution is 2.27. The maximum Gasteiger partial charge on any atom is 0.323 e. The first kappa shape index (κ1) is 26.0. The number of halogens is 2. The Morgan fingerprint density at radius 1 is 0.895 bits per heavy atom. The van der Waals surface area contributed by atoms with Crippen molar-refractivity contribution in [1.82, 2.24) is 20.4 Å². The number of carbonyl (C=O) groups is 2. The molecule has 1 aromatic heterocycles. The number of aromatic nitrogens is 2. The zero-order chi connectivity index (χ0) is 26.5. The number of aromatic amines is 1. The third-order valence-electron chi connectivity index (χ3n) is 6.25. The van der Waals surface area contributed by atoms with Gasteiger partial charge in [-0.05, 0) is 53.6 Å². The zero-order valence-corrected chi connectivity index (χ0v) is 21.9. The summed E-state index contributed by atoms with van der Waals surface area (Å²) in [6.07, 6.45) is 0. The van der Waals surface area contributed by atoms with Crippen LogP contribution in [0.5, 0.6) is 0 Å². The van der Waals surface area contributed by atoms with E-state index in [4.69, 9.17) is 27.9 Å². The SMILES string of the molecule is O=C(Nc1ccc(-c2ccc3c(C(=O)NCCN4CCOCC4)n[nH]c3c2)cc1)Nc1ccc(Cl)c(Cl)c1. The average molecular weight is 553 g/mol. The molecule has 0 saturated carbocycles. The van der Waals surface area contributed by atoms with Crippen molar-refractivity contribution in [2.75, 3.05) is 50.0 Å². The molecule has 11 heteroatoms. The Labute approximate surface area is 229 Å². The molecule has 0 radical (unpaired) electrons. The minimum Gasteiger partial charge on any atom is -0.379 e. The summed E-state index contributed by atoms with van der Waals surface area (Å²) in [6.45, 7) is 4.56. The van der Waals surface area contributed by atoms with Gasteiger partial charge in [0.25, 0.3) is 5.91 Å². The number of benzene rings is 3. The van der Waals surface area contributed by atoms with Gasteiger partial charge in [-0.25, -0.2) is 4.79 Å². The first-order chi connectivity index (χ1) is 18.5. The summed E-state index contributed by atoms with van der Waals surface area (Å²) in [5.41, 5.74) is 4.21. The topological polar surface area (TPSA) is 111 Å². The van der Waals surface area contributed by atoms with Gasteiger partial charge in [0, 0.05) is 42.9 Å². The first-order valence-electron chi connectivity index (χ1n) is 12.2. The molecule has 0 aliphatic carbocycles. The summed E-state index contributed by atoms with van der Waals surface area (Å²) in [5, 5.41) is 17.2. The van der Waals surface area contributed by atoms with Gasteiger partial charge < -0.3 is 20.7 Å². The number of nitrogens with one attached hydrogen (secondary N) is 4. The van der Waals surface area contributed by atoms with Crippen LogP contribution in [0.4, 0.5) is 16.2 Å². The van der Waals surface area contributed by atoms with E-state index < -0.39 is 6.03 Å². The summed E-state index contributed by atoms with van der Waals surface area (Å²) in [6, 6.07) is 17.7. The lowest BCUT2D eigenvalue weighted by Gasteiger charge is -2.26. The van der Waals surface area contributed by atoms with Gasteiger partial charge in [-0.2, -0.15) is 5.10 Å². The van der Waals surface area contributed by atoms with Crippen LogP contribution in [0.2, 0.25) is 10.0 Å². The average Bonchev–Trinajstić information content (AvgIpc) is 3.35. The van der Waals surface area contributed by atoms with E-state index in [9.17, 15) is 9.59 Å². The molecule has 4 N–H and O–H groups in total. The highest BCUT2D eigenvalue weighted by atomic mass is 35.5. The fourth-order valence-corrected chi connectivity index (χ4v) is 4.52. The van der Waals surface area contributed by atoms with E-state index in [1.807, 2.05) is 42.5 Å². The number of rotatable bonds is 7. The highest BCUT2D eigenvalue weighted by Gasteiger charge is 2.16. The van der Waals surface area contributed by atoms with Gasteiger partial charge in [0.2, 0.25) is 0 Å². The molecule has 38 heavy (non-hydrogen) atoms. The molecular formula is C27H26Cl2N6O3. The Morgan fingerprint density at radius 2 is 1.61 bits per heavy atom. The van der Waals surface area contributed by atoms with Crippen LogP contribution in [0, 0.1) is 0 Å². The Bertz CT molecular complexity index is 1450. The van der Waals surface area contributed by atoms with E-state index in [1.54, 1.807) is 18.2 Å². The van der Waals surface area contributed by atoms with E-state index in [-0.39, 0.29) is 5.91 Å². The molecule has 1 aliphatic heterocycles. The Kier molecular flexibility index (Phi) is 8.09. The number of hydrogen-bond donors (Lipinski definition) is 4. The quantitative estimate of drug-likeness (QED) is 0.250. The van der Waals surface area contributed by atoms with Crippen LogP contribution in [0.3, 0.4) is 0 Å². The molecule has 5 rings (SSSR count). The second-order valence-corrected chi connectivity index (χ2v) is 9.64. The Morgan fingerprint density at radius 3 is 2.37 bits per heavy atom. The summed E-state index contributed by atoms with van der Waals surface area (Å²) < 4.78 is 5.35. The van der Waals surface area contributed by atoms with Crippen molar-refractivity contribution in [3.63, 3.8) is 0 Å². The van der Waals surface area contributed by atoms with Crippen molar-refractivity contribution in [1.29, 1.82) is 0 Å². The maximum absolute atomic E-state index is 12.7. The second kappa shape index (κ2) is 11.8. The molecule has 4 aromatic rings. The lowest BCUT2D eigenvalue weighted by atomic mass is 10.0. The van der Waals surface area contributed by atoms with Gasteiger partial charge in [0.15, 0.2) is 5.69 Å². The van der Waals surface area contributed by atoms with Gasteiger partial charge in [0.1, 0.15) is 0 Å². The van der Waals surface area contributed by atoms with Gasteiger partial charge in [-0.1, -0.05) is 41.4 Å². The number of fused-ring (bicyclic) bond motifs is 1. The number of carbonyl (C=O) groups excluding carboxylic acids is 2. The van der Waals surface area contributed by atoms with E-state index in [0.717, 1.165) is 54.9 Å². The Hall–Kier alpha value is -3.63. The van der Waals surface area contributed by atoms with Crippen molar-refractivity contribution in [2.45, 2.75) is 0 Å². The number of urea groups is 1. The predicted molar refractivity (Wildman–Crippen MR) is 150 cm³/mol. The summed E-state index contributed by atoms with van der Waals surface area (Å²) in [7, 11) is 0. The molecule has 0 atom stereocenters. The largest absolute Gasteiger partial charge is 0.379 e. The normalized spacial score (nSPS) is 13.8. The van der Waals surface area contributed by atoms with E-state index in [1.165, 1.54) is 0 Å². The standard InChI is InChI=1S/C27H26Cl2N6O3/c28-22-8-6-20(16-23(22)29)32-27(37)31-19-4-1-17(2-5-19)18-3-7-21-24(15-18)33-34-25(21)26(36)30-9-10-35-11-13-38-14-12-35/h1-8,15-16H,9-14H2,(H,30,36)(H,33,34)(H2,31,32,37). The first-order valence-corrected chi connectivity index (χ1v) is 12.9. The number of nitrogens with zero attached hydrogens (tertiary/aromatic N) is 2. The van der Waals surface area contributed by atoms with E-state index in [2.05, 4.69) is 31.0 Å². The number of amides is 3. The number of anilines is 2. The van der Waals surface area contributed by atoms with Gasteiger partial charge in [0.05, 0.1) is 28.8 Å². The predicted octanol–water partition coefficient (Wildman–Crippen LogP) is 5.24. The van der Waals surface area contributed by atoms with Crippen LogP contribution in [0.15, 0.2) is 60.7 Å². The van der Waals surface area contributed by atoms with Crippen LogP contribution >= 0.6 is 23.2 Å². The van der Waals surface area contributed by atoms with Crippen LogP contribution in [0.25, 0.3) is 22.0 Å². The summed E-state index contributed by atoms with van der Waals surface area (Å²) in [5.74, 6) is -0.202. The number of H-pyrrole nitrogens is 1. The maximum atomic E-state index is 12.7. The van der Waals surface area contributed by atoms with Crippen molar-refractivity contribution >= 4 is 57.4 Å². The van der Waals surface area contributed by atoms with Crippen molar-refractivity contribution in [3.8, 4) is 11.1 Å². The van der Waals surface area contributed by atoms with Crippen LogP contribution in [0.1, 0.15) is 10.5 Å². The third kappa shape index (κ3) is 6.25. The minimum atomic E-state index is -0.397. The van der Waals surface area contributed by atoms with E-state index in [0.29, 0.717) is 33.7 Å². The molecule has 9 nitrogen and oxygen atoms in total. The minimum absolute atomic E-state index is 0.202. The second-order valence-electron chi connectivity index (χ2n) is 8.83. The molecule has 1 saturated heterocycles. The smallest absolute Gasteiger partial charge is 0.323 e. The fourth-order valence-electron chi connectivity index (χ4n) is 4.22. The van der Waals surface area contributed by atoms with Crippen LogP contribution in [-0.4, -0.2) is 66.4 Å². The highest BCUT2D eigenvalue weighted by molar-refractivity contribution is 6.42.